The quantitative estimate of drug-likeness (QED) is 0.742. The molecule has 0 fully saturated rings. The summed E-state index contributed by atoms with van der Waals surface area (Å²) >= 11 is 3.34. The number of imidazole rings is 1. The second kappa shape index (κ2) is 4.17. The molecule has 0 spiro atoms. The number of nitrogens with zero attached hydrogens (tertiary/aromatic N) is 2. The summed E-state index contributed by atoms with van der Waals surface area (Å²) in [5.41, 5.74) is 3.26. The smallest absolute Gasteiger partial charge is 0.178 e. The molecule has 0 aliphatic rings. The molecule has 1 aromatic carbocycles. The van der Waals surface area contributed by atoms with E-state index >= 15 is 0 Å². The highest BCUT2D eigenvalue weighted by molar-refractivity contribution is 9.10. The van der Waals surface area contributed by atoms with Gasteiger partial charge in [-0.2, -0.15) is 0 Å². The molecule has 0 saturated heterocycles. The number of aromatic amines is 1. The first-order valence-corrected chi connectivity index (χ1v) is 6.21. The first kappa shape index (κ1) is 11.3. The zero-order chi connectivity index (χ0) is 12.7. The van der Waals surface area contributed by atoms with Crippen LogP contribution in [0.1, 0.15) is 5.69 Å². The predicted molar refractivity (Wildman–Crippen MR) is 71.7 cm³/mol. The molecule has 3 rings (SSSR count). The third-order valence-corrected chi connectivity index (χ3v) is 3.33. The van der Waals surface area contributed by atoms with E-state index in [4.69, 9.17) is 0 Å². The average Bonchev–Trinajstić information content (AvgIpc) is 2.71. The van der Waals surface area contributed by atoms with Crippen molar-refractivity contribution in [1.82, 2.24) is 15.0 Å². The molecule has 1 N–H and O–H groups in total. The van der Waals surface area contributed by atoms with Crippen LogP contribution in [0.5, 0.6) is 0 Å². The summed E-state index contributed by atoms with van der Waals surface area (Å²) in [4.78, 5) is 11.9. The van der Waals surface area contributed by atoms with Gasteiger partial charge in [0, 0.05) is 15.7 Å². The van der Waals surface area contributed by atoms with Gasteiger partial charge < -0.3 is 4.98 Å². The summed E-state index contributed by atoms with van der Waals surface area (Å²) in [6.07, 6.45) is 0. The second-order valence-electron chi connectivity index (χ2n) is 4.03. The molecule has 0 unspecified atom stereocenters. The maximum atomic E-state index is 13.0. The van der Waals surface area contributed by atoms with E-state index in [2.05, 4.69) is 30.9 Å². The van der Waals surface area contributed by atoms with Gasteiger partial charge in [-0.3, -0.25) is 0 Å². The van der Waals surface area contributed by atoms with E-state index < -0.39 is 0 Å². The Hall–Kier alpha value is -1.75. The Morgan fingerprint density at radius 1 is 1.17 bits per heavy atom. The summed E-state index contributed by atoms with van der Waals surface area (Å²) in [5, 5.41) is 0. The number of hydrogen-bond acceptors (Lipinski definition) is 2. The van der Waals surface area contributed by atoms with Crippen molar-refractivity contribution in [3.63, 3.8) is 0 Å². The van der Waals surface area contributed by atoms with Crippen molar-refractivity contribution in [2.24, 2.45) is 0 Å². The number of nitrogens with one attached hydrogen (secondary N) is 1. The van der Waals surface area contributed by atoms with Gasteiger partial charge in [-0.15, -0.1) is 0 Å². The molecule has 0 atom stereocenters. The van der Waals surface area contributed by atoms with Gasteiger partial charge in [0.1, 0.15) is 11.6 Å². The first-order chi connectivity index (χ1) is 8.63. The van der Waals surface area contributed by atoms with Crippen LogP contribution in [0.4, 0.5) is 4.39 Å². The second-order valence-corrected chi connectivity index (χ2v) is 4.89. The van der Waals surface area contributed by atoms with E-state index in [9.17, 15) is 4.39 Å². The van der Waals surface area contributed by atoms with Crippen LogP contribution in [0.25, 0.3) is 22.6 Å². The number of rotatable bonds is 1. The van der Waals surface area contributed by atoms with Crippen LogP contribution in [0.15, 0.2) is 34.8 Å². The maximum absolute atomic E-state index is 13.0. The van der Waals surface area contributed by atoms with Crippen LogP contribution >= 0.6 is 15.9 Å². The van der Waals surface area contributed by atoms with Crippen LogP contribution in [-0.4, -0.2) is 15.0 Å². The summed E-state index contributed by atoms with van der Waals surface area (Å²) in [6, 6.07) is 8.37. The Labute approximate surface area is 111 Å². The Morgan fingerprint density at radius 3 is 2.78 bits per heavy atom. The van der Waals surface area contributed by atoms with Gasteiger partial charge in [0.2, 0.25) is 0 Å². The number of fused-ring (bicyclic) bond motifs is 1. The molecular formula is C13H9BrFN3. The fraction of sp³-hybridized carbons (Fsp3) is 0.0769. The number of aromatic nitrogens is 3. The Morgan fingerprint density at radius 2 is 2.00 bits per heavy atom. The van der Waals surface area contributed by atoms with Crippen molar-refractivity contribution in [2.75, 3.05) is 0 Å². The zero-order valence-electron chi connectivity index (χ0n) is 9.54. The van der Waals surface area contributed by atoms with Gasteiger partial charge in [-0.25, -0.2) is 14.4 Å². The predicted octanol–water partition coefficient (Wildman–Crippen LogP) is 3.83. The molecule has 0 aliphatic heterocycles. The average molecular weight is 306 g/mol. The Balaban J connectivity index is 2.19. The molecule has 5 heteroatoms. The Bertz CT molecular complexity index is 736. The lowest BCUT2D eigenvalue weighted by atomic mass is 10.2. The summed E-state index contributed by atoms with van der Waals surface area (Å²) < 4.78 is 13.7. The SMILES string of the molecule is Cc1ccc2[nH]c(-c3ccc(F)cc3Br)nc2n1. The van der Waals surface area contributed by atoms with Crippen LogP contribution in [0, 0.1) is 12.7 Å². The number of hydrogen-bond donors (Lipinski definition) is 1. The van der Waals surface area contributed by atoms with E-state index in [0.717, 1.165) is 16.8 Å². The molecule has 90 valence electrons. The Kier molecular flexibility index (Phi) is 2.63. The van der Waals surface area contributed by atoms with E-state index in [-0.39, 0.29) is 5.82 Å². The van der Waals surface area contributed by atoms with Crippen molar-refractivity contribution in [1.29, 1.82) is 0 Å². The minimum absolute atomic E-state index is 0.282. The molecule has 0 aliphatic carbocycles. The van der Waals surface area contributed by atoms with Crippen LogP contribution in [0.2, 0.25) is 0 Å². The van der Waals surface area contributed by atoms with Gasteiger partial charge in [0.15, 0.2) is 5.65 Å². The topological polar surface area (TPSA) is 41.6 Å². The lowest BCUT2D eigenvalue weighted by Gasteiger charge is -1.99. The zero-order valence-corrected chi connectivity index (χ0v) is 11.1. The van der Waals surface area contributed by atoms with Crippen LogP contribution in [0.3, 0.4) is 0 Å². The van der Waals surface area contributed by atoms with Gasteiger partial charge >= 0.3 is 0 Å². The van der Waals surface area contributed by atoms with Crippen LogP contribution < -0.4 is 0 Å². The van der Waals surface area contributed by atoms with E-state index in [1.165, 1.54) is 12.1 Å². The first-order valence-electron chi connectivity index (χ1n) is 5.42. The monoisotopic (exact) mass is 305 g/mol. The molecule has 2 heterocycles. The number of halogens is 2. The highest BCUT2D eigenvalue weighted by Crippen LogP contribution is 2.28. The highest BCUT2D eigenvalue weighted by atomic mass is 79.9. The highest BCUT2D eigenvalue weighted by Gasteiger charge is 2.10. The van der Waals surface area contributed by atoms with E-state index in [0.29, 0.717) is 15.9 Å². The third kappa shape index (κ3) is 1.90. The standard InChI is InChI=1S/C13H9BrFN3/c1-7-2-5-11-13(16-7)18-12(17-11)9-4-3-8(15)6-10(9)14/h2-6H,1H3,(H,16,17,18). The fourth-order valence-corrected chi connectivity index (χ4v) is 2.33. The van der Waals surface area contributed by atoms with Crippen molar-refractivity contribution in [2.45, 2.75) is 6.92 Å². The van der Waals surface area contributed by atoms with E-state index in [1.807, 2.05) is 19.1 Å². The molecule has 18 heavy (non-hydrogen) atoms. The maximum Gasteiger partial charge on any atom is 0.178 e. The number of pyridine rings is 1. The molecule has 3 nitrogen and oxygen atoms in total. The number of H-pyrrole nitrogens is 1. The lowest BCUT2D eigenvalue weighted by Crippen LogP contribution is -1.84. The lowest BCUT2D eigenvalue weighted by molar-refractivity contribution is 0.627. The molecule has 0 saturated carbocycles. The van der Waals surface area contributed by atoms with Gasteiger partial charge in [-0.1, -0.05) is 0 Å². The molecule has 2 aromatic heterocycles. The number of benzene rings is 1. The number of aryl methyl sites for hydroxylation is 1. The largest absolute Gasteiger partial charge is 0.337 e. The minimum atomic E-state index is -0.282. The van der Waals surface area contributed by atoms with Crippen LogP contribution in [-0.2, 0) is 0 Å². The molecule has 0 bridgehead atoms. The summed E-state index contributed by atoms with van der Waals surface area (Å²) in [6.45, 7) is 1.92. The van der Waals surface area contributed by atoms with Gasteiger partial charge in [-0.05, 0) is 53.2 Å². The molecular weight excluding hydrogens is 297 g/mol. The molecule has 3 aromatic rings. The van der Waals surface area contributed by atoms with Gasteiger partial charge in [0.05, 0.1) is 5.52 Å². The molecule has 0 amide bonds. The fourth-order valence-electron chi connectivity index (χ4n) is 1.80. The third-order valence-electron chi connectivity index (χ3n) is 2.67. The van der Waals surface area contributed by atoms with Crippen molar-refractivity contribution in [3.05, 3.63) is 46.3 Å². The summed E-state index contributed by atoms with van der Waals surface area (Å²) in [7, 11) is 0. The summed E-state index contributed by atoms with van der Waals surface area (Å²) in [5.74, 6) is 0.394. The van der Waals surface area contributed by atoms with Crippen molar-refractivity contribution in [3.8, 4) is 11.4 Å². The minimum Gasteiger partial charge on any atom is -0.337 e. The van der Waals surface area contributed by atoms with Crippen molar-refractivity contribution >= 4 is 27.1 Å². The molecule has 0 radical (unpaired) electrons. The normalized spacial score (nSPS) is 11.1. The van der Waals surface area contributed by atoms with Crippen molar-refractivity contribution < 1.29 is 4.39 Å². The van der Waals surface area contributed by atoms with E-state index in [1.54, 1.807) is 6.07 Å². The van der Waals surface area contributed by atoms with Gasteiger partial charge in [0.25, 0.3) is 0 Å².